The molecule has 8 nitrogen and oxygen atoms in total. The summed E-state index contributed by atoms with van der Waals surface area (Å²) in [5, 5.41) is 7.48. The van der Waals surface area contributed by atoms with Crippen molar-refractivity contribution in [3.8, 4) is 0 Å². The highest BCUT2D eigenvalue weighted by Gasteiger charge is 2.30. The number of aromatic nitrogens is 2. The Morgan fingerprint density at radius 3 is 2.44 bits per heavy atom. The van der Waals surface area contributed by atoms with Gasteiger partial charge in [-0.2, -0.15) is 5.10 Å². The first-order valence-corrected chi connectivity index (χ1v) is 9.87. The van der Waals surface area contributed by atoms with E-state index in [2.05, 4.69) is 10.4 Å². The zero-order chi connectivity index (χ0) is 19.4. The van der Waals surface area contributed by atoms with Crippen molar-refractivity contribution in [2.45, 2.75) is 39.7 Å². The summed E-state index contributed by atoms with van der Waals surface area (Å²) < 4.78 is 7.26. The Morgan fingerprint density at radius 2 is 1.85 bits per heavy atom. The molecule has 0 bridgehead atoms. The molecule has 1 atom stereocenters. The van der Waals surface area contributed by atoms with E-state index in [0.29, 0.717) is 45.9 Å². The van der Waals surface area contributed by atoms with Gasteiger partial charge in [0.2, 0.25) is 5.91 Å². The molecular weight excluding hydrogens is 346 g/mol. The molecule has 1 aromatic rings. The van der Waals surface area contributed by atoms with Crippen LogP contribution in [0.1, 0.15) is 37.2 Å². The summed E-state index contributed by atoms with van der Waals surface area (Å²) in [5.74, 6) is 0.247. The zero-order valence-corrected chi connectivity index (χ0v) is 16.6. The third-order valence-electron chi connectivity index (χ3n) is 5.46. The molecule has 2 aliphatic rings. The number of hydrogen-bond donors (Lipinski definition) is 1. The van der Waals surface area contributed by atoms with Crippen LogP contribution in [0, 0.1) is 19.8 Å². The second-order valence-corrected chi connectivity index (χ2v) is 7.61. The van der Waals surface area contributed by atoms with Crippen molar-refractivity contribution in [3.05, 3.63) is 17.5 Å². The zero-order valence-electron chi connectivity index (χ0n) is 16.6. The van der Waals surface area contributed by atoms with Gasteiger partial charge in [-0.15, -0.1) is 0 Å². The summed E-state index contributed by atoms with van der Waals surface area (Å²) >= 11 is 0. The molecule has 0 aliphatic carbocycles. The molecule has 3 heterocycles. The second kappa shape index (κ2) is 8.73. The number of rotatable bonds is 4. The van der Waals surface area contributed by atoms with E-state index in [-0.39, 0.29) is 23.9 Å². The van der Waals surface area contributed by atoms with Crippen LogP contribution in [0.2, 0.25) is 0 Å². The predicted molar refractivity (Wildman–Crippen MR) is 102 cm³/mol. The lowest BCUT2D eigenvalue weighted by Gasteiger charge is -2.35. The molecule has 3 amide bonds. The van der Waals surface area contributed by atoms with Crippen molar-refractivity contribution in [1.29, 1.82) is 0 Å². The number of nitrogens with zero attached hydrogens (tertiary/aromatic N) is 4. The van der Waals surface area contributed by atoms with Crippen molar-refractivity contribution >= 4 is 11.9 Å². The fraction of sp³-hybridized carbons (Fsp3) is 0.737. The van der Waals surface area contributed by atoms with Gasteiger partial charge in [-0.05, 0) is 39.7 Å². The Labute approximate surface area is 160 Å². The van der Waals surface area contributed by atoms with Crippen LogP contribution >= 0.6 is 0 Å². The van der Waals surface area contributed by atoms with Crippen LogP contribution in [0.4, 0.5) is 4.79 Å². The van der Waals surface area contributed by atoms with E-state index in [9.17, 15) is 9.59 Å². The molecular formula is C19H31N5O3. The first-order valence-electron chi connectivity index (χ1n) is 9.87. The number of carbonyl (C=O) groups excluding carboxylic acids is 2. The molecule has 0 spiro atoms. The van der Waals surface area contributed by atoms with Gasteiger partial charge in [0.25, 0.3) is 0 Å². The number of aryl methyl sites for hydroxylation is 2. The topological polar surface area (TPSA) is 79.7 Å². The smallest absolute Gasteiger partial charge is 0.317 e. The highest BCUT2D eigenvalue weighted by molar-refractivity contribution is 5.80. The fourth-order valence-corrected chi connectivity index (χ4v) is 3.90. The Bertz CT molecular complexity index is 660. The van der Waals surface area contributed by atoms with E-state index >= 15 is 0 Å². The average Bonchev–Trinajstić information content (AvgIpc) is 3.04. The summed E-state index contributed by atoms with van der Waals surface area (Å²) in [6, 6.07) is 2.08. The van der Waals surface area contributed by atoms with Crippen LogP contribution < -0.4 is 5.32 Å². The Morgan fingerprint density at radius 1 is 1.19 bits per heavy atom. The van der Waals surface area contributed by atoms with Crippen molar-refractivity contribution in [2.75, 3.05) is 45.9 Å². The molecule has 3 rings (SSSR count). The summed E-state index contributed by atoms with van der Waals surface area (Å²) in [6.07, 6.45) is 1.47. The van der Waals surface area contributed by atoms with Crippen LogP contribution in [-0.2, 0) is 9.53 Å². The molecule has 0 saturated carbocycles. The largest absolute Gasteiger partial charge is 0.378 e. The average molecular weight is 377 g/mol. The van der Waals surface area contributed by atoms with E-state index in [4.69, 9.17) is 4.74 Å². The van der Waals surface area contributed by atoms with Gasteiger partial charge < -0.3 is 19.9 Å². The molecule has 8 heteroatoms. The Hall–Kier alpha value is -2.09. The molecule has 27 heavy (non-hydrogen) atoms. The number of urea groups is 1. The molecule has 150 valence electrons. The first-order chi connectivity index (χ1) is 13.0. The second-order valence-electron chi connectivity index (χ2n) is 7.61. The number of hydrogen-bond acceptors (Lipinski definition) is 4. The van der Waals surface area contributed by atoms with Crippen LogP contribution in [0.3, 0.4) is 0 Å². The maximum absolute atomic E-state index is 12.6. The number of nitrogens with one attached hydrogen (secondary N) is 1. The van der Waals surface area contributed by atoms with Crippen molar-refractivity contribution in [1.82, 2.24) is 24.9 Å². The minimum absolute atomic E-state index is 0.0285. The van der Waals surface area contributed by atoms with Crippen molar-refractivity contribution < 1.29 is 14.3 Å². The molecule has 1 aromatic heterocycles. The Balaban J connectivity index is 1.43. The van der Waals surface area contributed by atoms with Crippen LogP contribution in [0.5, 0.6) is 0 Å². The molecule has 1 N–H and O–H groups in total. The number of piperidine rings is 1. The summed E-state index contributed by atoms with van der Waals surface area (Å²) in [6.45, 7) is 10.4. The van der Waals surface area contributed by atoms with E-state index in [0.717, 1.165) is 24.2 Å². The standard InChI is InChI=1S/C19H31N5O3/c1-14-12-15(2)24(21-14)16(3)13-20-19(26)23-6-4-17(5-7-23)18(25)22-8-10-27-11-9-22/h12,16-17H,4-11,13H2,1-3H3,(H,20,26). The van der Waals surface area contributed by atoms with Gasteiger partial charge in [0.05, 0.1) is 24.9 Å². The van der Waals surface area contributed by atoms with E-state index in [1.165, 1.54) is 0 Å². The molecule has 2 fully saturated rings. The third-order valence-corrected chi connectivity index (χ3v) is 5.46. The van der Waals surface area contributed by atoms with E-state index in [1.54, 1.807) is 0 Å². The van der Waals surface area contributed by atoms with Gasteiger partial charge in [0.1, 0.15) is 0 Å². The summed E-state index contributed by atoms with van der Waals surface area (Å²) in [7, 11) is 0. The molecule has 1 unspecified atom stereocenters. The Kier molecular flexibility index (Phi) is 6.36. The van der Waals surface area contributed by atoms with Gasteiger partial charge in [-0.1, -0.05) is 0 Å². The van der Waals surface area contributed by atoms with Crippen molar-refractivity contribution in [3.63, 3.8) is 0 Å². The SMILES string of the molecule is Cc1cc(C)n(C(C)CNC(=O)N2CCC(C(=O)N3CCOCC3)CC2)n1. The third kappa shape index (κ3) is 4.80. The summed E-state index contributed by atoms with van der Waals surface area (Å²) in [4.78, 5) is 28.8. The lowest BCUT2D eigenvalue weighted by Crippen LogP contribution is -2.49. The molecule has 0 radical (unpaired) electrons. The maximum atomic E-state index is 12.6. The normalized spacial score (nSPS) is 19.8. The molecule has 2 saturated heterocycles. The number of morpholine rings is 1. The monoisotopic (exact) mass is 377 g/mol. The van der Waals surface area contributed by atoms with Gasteiger partial charge in [-0.3, -0.25) is 9.48 Å². The van der Waals surface area contributed by atoms with Gasteiger partial charge in [0, 0.05) is 44.3 Å². The maximum Gasteiger partial charge on any atom is 0.317 e. The van der Waals surface area contributed by atoms with Crippen LogP contribution in [0.15, 0.2) is 6.07 Å². The first kappa shape index (κ1) is 19.7. The van der Waals surface area contributed by atoms with Crippen molar-refractivity contribution in [2.24, 2.45) is 5.92 Å². The molecule has 2 aliphatic heterocycles. The lowest BCUT2D eigenvalue weighted by atomic mass is 9.95. The number of likely N-dealkylation sites (tertiary alicyclic amines) is 1. The quantitative estimate of drug-likeness (QED) is 0.859. The number of ether oxygens (including phenoxy) is 1. The van der Waals surface area contributed by atoms with Crippen LogP contribution in [0.25, 0.3) is 0 Å². The molecule has 0 aromatic carbocycles. The minimum atomic E-state index is -0.0550. The fourth-order valence-electron chi connectivity index (χ4n) is 3.90. The van der Waals surface area contributed by atoms with Gasteiger partial charge in [-0.25, -0.2) is 4.79 Å². The lowest BCUT2D eigenvalue weighted by molar-refractivity contribution is -0.141. The van der Waals surface area contributed by atoms with E-state index < -0.39 is 0 Å². The van der Waals surface area contributed by atoms with E-state index in [1.807, 2.05) is 41.3 Å². The highest BCUT2D eigenvalue weighted by Crippen LogP contribution is 2.20. The number of carbonyl (C=O) groups is 2. The minimum Gasteiger partial charge on any atom is -0.378 e. The summed E-state index contributed by atoms with van der Waals surface area (Å²) in [5.41, 5.74) is 2.08. The van der Waals surface area contributed by atoms with Gasteiger partial charge in [0.15, 0.2) is 0 Å². The predicted octanol–water partition coefficient (Wildman–Crippen LogP) is 1.34. The van der Waals surface area contributed by atoms with Gasteiger partial charge >= 0.3 is 6.03 Å². The highest BCUT2D eigenvalue weighted by atomic mass is 16.5. The van der Waals surface area contributed by atoms with Crippen LogP contribution in [-0.4, -0.2) is 77.5 Å². The number of amides is 3.